The van der Waals surface area contributed by atoms with Gasteiger partial charge >= 0.3 is 12.0 Å². The van der Waals surface area contributed by atoms with Crippen LogP contribution in [0.25, 0.3) is 0 Å². The second-order valence-corrected chi connectivity index (χ2v) is 5.89. The number of aliphatic carboxylic acids is 1. The van der Waals surface area contributed by atoms with E-state index in [0.717, 1.165) is 32.5 Å². The molecule has 20 heavy (non-hydrogen) atoms. The topological polar surface area (TPSA) is 64.1 Å². The van der Waals surface area contributed by atoms with E-state index in [4.69, 9.17) is 5.11 Å². The van der Waals surface area contributed by atoms with Crippen LogP contribution in [0, 0.1) is 5.92 Å². The molecule has 0 saturated carbocycles. The summed E-state index contributed by atoms with van der Waals surface area (Å²) in [5, 5.41) is 8.69. The molecule has 1 heterocycles. The number of carboxylic acids is 1. The van der Waals surface area contributed by atoms with Crippen LogP contribution in [0.1, 0.15) is 25.7 Å². The normalized spacial score (nSPS) is 18.6. The summed E-state index contributed by atoms with van der Waals surface area (Å²) < 4.78 is 0. The monoisotopic (exact) mass is 285 g/mol. The van der Waals surface area contributed by atoms with E-state index in [0.29, 0.717) is 18.9 Å². The number of likely N-dealkylation sites (tertiary alicyclic amines) is 1. The van der Waals surface area contributed by atoms with Crippen LogP contribution in [0.5, 0.6) is 0 Å². The van der Waals surface area contributed by atoms with Gasteiger partial charge in [-0.15, -0.1) is 0 Å². The molecule has 1 N–H and O–H groups in total. The molecule has 6 nitrogen and oxygen atoms in total. The molecule has 1 rings (SSSR count). The molecule has 0 bridgehead atoms. The fraction of sp³-hybridized carbons (Fsp3) is 0.857. The van der Waals surface area contributed by atoms with Gasteiger partial charge < -0.3 is 19.8 Å². The number of carbonyl (C=O) groups is 2. The van der Waals surface area contributed by atoms with Crippen molar-refractivity contribution in [1.82, 2.24) is 14.7 Å². The third-order valence-corrected chi connectivity index (χ3v) is 3.75. The molecular formula is C14H27N3O3. The summed E-state index contributed by atoms with van der Waals surface area (Å²) in [5.41, 5.74) is 0. The first-order valence-electron chi connectivity index (χ1n) is 7.26. The average Bonchev–Trinajstić information content (AvgIpc) is 2.83. The Bertz CT molecular complexity index is 334. The van der Waals surface area contributed by atoms with Gasteiger partial charge in [0.1, 0.15) is 0 Å². The van der Waals surface area contributed by atoms with Crippen LogP contribution in [0.3, 0.4) is 0 Å². The van der Waals surface area contributed by atoms with Crippen molar-refractivity contribution in [2.45, 2.75) is 25.7 Å². The van der Waals surface area contributed by atoms with E-state index in [2.05, 4.69) is 4.90 Å². The van der Waals surface area contributed by atoms with Crippen molar-refractivity contribution >= 4 is 12.0 Å². The minimum atomic E-state index is -0.754. The van der Waals surface area contributed by atoms with E-state index in [1.807, 2.05) is 26.0 Å². The second-order valence-electron chi connectivity index (χ2n) is 5.89. The van der Waals surface area contributed by atoms with Crippen LogP contribution >= 0.6 is 0 Å². The Kier molecular flexibility index (Phi) is 6.78. The lowest BCUT2D eigenvalue weighted by Crippen LogP contribution is -2.40. The third-order valence-electron chi connectivity index (χ3n) is 3.75. The molecule has 2 amide bonds. The van der Waals surface area contributed by atoms with E-state index in [-0.39, 0.29) is 12.5 Å². The van der Waals surface area contributed by atoms with E-state index < -0.39 is 5.97 Å². The summed E-state index contributed by atoms with van der Waals surface area (Å²) in [5.74, 6) is -0.416. The Balaban J connectivity index is 2.28. The highest BCUT2D eigenvalue weighted by atomic mass is 16.4. The van der Waals surface area contributed by atoms with Crippen molar-refractivity contribution in [2.24, 2.45) is 5.92 Å². The van der Waals surface area contributed by atoms with E-state index in [1.54, 1.807) is 4.90 Å². The molecule has 6 heteroatoms. The quantitative estimate of drug-likeness (QED) is 0.763. The smallest absolute Gasteiger partial charge is 0.319 e. The van der Waals surface area contributed by atoms with Gasteiger partial charge in [0, 0.05) is 33.1 Å². The predicted octanol–water partition coefficient (Wildman–Crippen LogP) is 1.18. The zero-order valence-electron chi connectivity index (χ0n) is 12.8. The summed E-state index contributed by atoms with van der Waals surface area (Å²) in [6.07, 6.45) is 2.75. The van der Waals surface area contributed by atoms with Crippen molar-refractivity contribution in [3.8, 4) is 0 Å². The van der Waals surface area contributed by atoms with Gasteiger partial charge in [0.25, 0.3) is 0 Å². The molecule has 1 fully saturated rings. The highest BCUT2D eigenvalue weighted by molar-refractivity contribution is 5.74. The first-order valence-corrected chi connectivity index (χ1v) is 7.26. The molecule has 116 valence electrons. The Morgan fingerprint density at radius 2 is 1.95 bits per heavy atom. The van der Waals surface area contributed by atoms with Gasteiger partial charge in [0.2, 0.25) is 0 Å². The Labute approximate surface area is 121 Å². The first-order chi connectivity index (χ1) is 9.40. The van der Waals surface area contributed by atoms with Crippen molar-refractivity contribution < 1.29 is 14.7 Å². The van der Waals surface area contributed by atoms with Crippen molar-refractivity contribution in [2.75, 3.05) is 47.3 Å². The van der Waals surface area contributed by atoms with E-state index in [9.17, 15) is 9.59 Å². The molecule has 0 aromatic carbocycles. The van der Waals surface area contributed by atoms with Crippen LogP contribution in [0.4, 0.5) is 4.79 Å². The Morgan fingerprint density at radius 3 is 2.55 bits per heavy atom. The molecule has 0 spiro atoms. The molecule has 0 aliphatic carbocycles. The molecule has 0 radical (unpaired) electrons. The Morgan fingerprint density at radius 1 is 1.25 bits per heavy atom. The predicted molar refractivity (Wildman–Crippen MR) is 77.7 cm³/mol. The third kappa shape index (κ3) is 5.77. The molecule has 0 aromatic rings. The number of carbonyl (C=O) groups excluding carboxylic acids is 1. The second kappa shape index (κ2) is 8.09. The lowest BCUT2D eigenvalue weighted by atomic mass is 10.0. The van der Waals surface area contributed by atoms with Gasteiger partial charge in [0.15, 0.2) is 0 Å². The number of carboxylic acid groups (broad SMARTS) is 1. The number of rotatable bonds is 7. The van der Waals surface area contributed by atoms with Crippen LogP contribution in [0.2, 0.25) is 0 Å². The van der Waals surface area contributed by atoms with Gasteiger partial charge in [-0.2, -0.15) is 0 Å². The maximum absolute atomic E-state index is 12.2. The Hall–Kier alpha value is -1.30. The summed E-state index contributed by atoms with van der Waals surface area (Å²) in [6.45, 7) is 3.18. The van der Waals surface area contributed by atoms with Crippen LogP contribution in [0.15, 0.2) is 0 Å². The fourth-order valence-electron chi connectivity index (χ4n) is 2.53. The minimum absolute atomic E-state index is 0.0709. The van der Waals surface area contributed by atoms with Crippen LogP contribution in [-0.4, -0.2) is 79.1 Å². The molecule has 1 aliphatic rings. The molecule has 0 aromatic heterocycles. The number of nitrogens with zero attached hydrogens (tertiary/aromatic N) is 3. The van der Waals surface area contributed by atoms with Gasteiger partial charge in [0.05, 0.1) is 0 Å². The zero-order chi connectivity index (χ0) is 15.1. The molecule has 1 atom stereocenters. The van der Waals surface area contributed by atoms with Gasteiger partial charge in [-0.05, 0) is 45.8 Å². The van der Waals surface area contributed by atoms with E-state index in [1.165, 1.54) is 0 Å². The van der Waals surface area contributed by atoms with Crippen molar-refractivity contribution in [3.63, 3.8) is 0 Å². The summed E-state index contributed by atoms with van der Waals surface area (Å²) in [7, 11) is 5.88. The van der Waals surface area contributed by atoms with E-state index >= 15 is 0 Å². The lowest BCUT2D eigenvalue weighted by molar-refractivity contribution is -0.137. The maximum Gasteiger partial charge on any atom is 0.319 e. The van der Waals surface area contributed by atoms with Gasteiger partial charge in [-0.3, -0.25) is 4.79 Å². The lowest BCUT2D eigenvalue weighted by Gasteiger charge is -2.25. The standard InChI is InChI=1S/C14H27N3O3/c1-15(2)8-4-9-16(3)14(20)17-10-7-12(11-17)5-6-13(18)19/h12H,4-11H2,1-3H3,(H,18,19). The number of hydrogen-bond donors (Lipinski definition) is 1. The largest absolute Gasteiger partial charge is 0.481 e. The number of hydrogen-bond acceptors (Lipinski definition) is 3. The summed E-state index contributed by atoms with van der Waals surface area (Å²) >= 11 is 0. The average molecular weight is 285 g/mol. The van der Waals surface area contributed by atoms with Crippen LogP contribution in [-0.2, 0) is 4.79 Å². The van der Waals surface area contributed by atoms with Gasteiger partial charge in [-0.25, -0.2) is 4.79 Å². The zero-order valence-corrected chi connectivity index (χ0v) is 12.8. The number of amides is 2. The highest BCUT2D eigenvalue weighted by Gasteiger charge is 2.28. The molecule has 1 unspecified atom stereocenters. The maximum atomic E-state index is 12.2. The summed E-state index contributed by atoms with van der Waals surface area (Å²) in [4.78, 5) is 28.5. The minimum Gasteiger partial charge on any atom is -0.481 e. The molecule has 1 aliphatic heterocycles. The number of urea groups is 1. The highest BCUT2D eigenvalue weighted by Crippen LogP contribution is 2.21. The SMILES string of the molecule is CN(C)CCCN(C)C(=O)N1CCC(CCC(=O)O)C1. The van der Waals surface area contributed by atoms with Crippen LogP contribution < -0.4 is 0 Å². The fourth-order valence-corrected chi connectivity index (χ4v) is 2.53. The van der Waals surface area contributed by atoms with Crippen molar-refractivity contribution in [3.05, 3.63) is 0 Å². The van der Waals surface area contributed by atoms with Crippen molar-refractivity contribution in [1.29, 1.82) is 0 Å². The first kappa shape index (κ1) is 16.8. The summed E-state index contributed by atoms with van der Waals surface area (Å²) in [6, 6.07) is 0.0709. The van der Waals surface area contributed by atoms with Gasteiger partial charge in [-0.1, -0.05) is 0 Å². The molecule has 1 saturated heterocycles. The molecular weight excluding hydrogens is 258 g/mol.